The predicted molar refractivity (Wildman–Crippen MR) is 118 cm³/mol. The SMILES string of the molecule is CCc1cc(Nc2ncc(F)c(-n3ccnc3)n2)cc(OC2CCCNC2)c1.O=C(O)C(F)(F)F. The van der Waals surface area contributed by atoms with Crippen LogP contribution in [-0.4, -0.2) is 56.0 Å². The summed E-state index contributed by atoms with van der Waals surface area (Å²) in [5.74, 6) is -2.00. The van der Waals surface area contributed by atoms with Gasteiger partial charge in [0.05, 0.1) is 6.20 Å². The van der Waals surface area contributed by atoms with Gasteiger partial charge in [-0.25, -0.2) is 19.2 Å². The molecule has 1 atom stereocenters. The van der Waals surface area contributed by atoms with E-state index in [9.17, 15) is 17.6 Å². The molecule has 188 valence electrons. The molecule has 0 bridgehead atoms. The van der Waals surface area contributed by atoms with Crippen LogP contribution in [-0.2, 0) is 11.2 Å². The summed E-state index contributed by atoms with van der Waals surface area (Å²) in [7, 11) is 0. The Morgan fingerprint density at radius 2 is 2.11 bits per heavy atom. The van der Waals surface area contributed by atoms with Gasteiger partial charge < -0.3 is 20.5 Å². The lowest BCUT2D eigenvalue weighted by molar-refractivity contribution is -0.192. The van der Waals surface area contributed by atoms with Gasteiger partial charge >= 0.3 is 12.1 Å². The lowest BCUT2D eigenvalue weighted by atomic mass is 10.1. The molecule has 1 unspecified atom stereocenters. The molecule has 1 fully saturated rings. The molecule has 3 aromatic rings. The van der Waals surface area contributed by atoms with Crippen LogP contribution in [0.25, 0.3) is 5.82 Å². The number of ether oxygens (including phenoxy) is 1. The van der Waals surface area contributed by atoms with Crippen molar-refractivity contribution in [1.29, 1.82) is 0 Å². The Morgan fingerprint density at radius 3 is 2.71 bits per heavy atom. The van der Waals surface area contributed by atoms with E-state index in [0.717, 1.165) is 55.5 Å². The number of nitrogens with one attached hydrogen (secondary N) is 2. The first kappa shape index (κ1) is 25.9. The van der Waals surface area contributed by atoms with Gasteiger partial charge in [0.25, 0.3) is 0 Å². The van der Waals surface area contributed by atoms with Gasteiger partial charge in [-0.15, -0.1) is 0 Å². The van der Waals surface area contributed by atoms with Gasteiger partial charge in [0.2, 0.25) is 5.95 Å². The molecule has 1 aromatic carbocycles. The number of aryl methyl sites for hydroxylation is 1. The van der Waals surface area contributed by atoms with E-state index in [1.54, 1.807) is 12.4 Å². The summed E-state index contributed by atoms with van der Waals surface area (Å²) in [5.41, 5.74) is 1.95. The summed E-state index contributed by atoms with van der Waals surface area (Å²) in [6.07, 6.45) is 3.98. The molecule has 3 N–H and O–H groups in total. The van der Waals surface area contributed by atoms with Crippen molar-refractivity contribution >= 4 is 17.6 Å². The zero-order valence-electron chi connectivity index (χ0n) is 18.7. The third-order valence-corrected chi connectivity index (χ3v) is 4.90. The number of hydrogen-bond donors (Lipinski definition) is 3. The first-order valence-corrected chi connectivity index (χ1v) is 10.7. The summed E-state index contributed by atoms with van der Waals surface area (Å²) in [6, 6.07) is 6.01. The lowest BCUT2D eigenvalue weighted by Crippen LogP contribution is -2.37. The molecule has 0 spiro atoms. The van der Waals surface area contributed by atoms with Gasteiger partial charge in [0, 0.05) is 30.7 Å². The van der Waals surface area contributed by atoms with Crippen LogP contribution in [0.15, 0.2) is 43.1 Å². The number of aromatic nitrogens is 4. The van der Waals surface area contributed by atoms with Crippen LogP contribution in [0.3, 0.4) is 0 Å². The average Bonchev–Trinajstić information content (AvgIpc) is 3.35. The minimum Gasteiger partial charge on any atom is -0.489 e. The number of hydrogen-bond acceptors (Lipinski definition) is 7. The second-order valence-electron chi connectivity index (χ2n) is 7.57. The zero-order valence-corrected chi connectivity index (χ0v) is 18.7. The highest BCUT2D eigenvalue weighted by Crippen LogP contribution is 2.26. The van der Waals surface area contributed by atoms with Gasteiger partial charge in [-0.1, -0.05) is 6.92 Å². The van der Waals surface area contributed by atoms with E-state index in [0.29, 0.717) is 5.95 Å². The van der Waals surface area contributed by atoms with Crippen molar-refractivity contribution in [3.05, 3.63) is 54.5 Å². The van der Waals surface area contributed by atoms with Gasteiger partial charge in [0.15, 0.2) is 11.6 Å². The Bertz CT molecular complexity index is 1120. The first-order chi connectivity index (χ1) is 16.7. The first-order valence-electron chi connectivity index (χ1n) is 10.7. The van der Waals surface area contributed by atoms with Crippen molar-refractivity contribution < 1.29 is 32.2 Å². The number of piperidine rings is 1. The smallest absolute Gasteiger partial charge is 0.489 e. The molecule has 1 aliphatic rings. The molecule has 1 saturated heterocycles. The molecule has 9 nitrogen and oxygen atoms in total. The molecule has 2 aromatic heterocycles. The normalized spacial score (nSPS) is 15.6. The number of alkyl halides is 3. The maximum Gasteiger partial charge on any atom is 0.490 e. The van der Waals surface area contributed by atoms with E-state index in [4.69, 9.17) is 14.6 Å². The molecule has 35 heavy (non-hydrogen) atoms. The minimum absolute atomic E-state index is 0.145. The minimum atomic E-state index is -5.08. The molecular formula is C22H24F4N6O3. The molecule has 0 saturated carbocycles. The lowest BCUT2D eigenvalue weighted by Gasteiger charge is -2.24. The highest BCUT2D eigenvalue weighted by atomic mass is 19.4. The highest BCUT2D eigenvalue weighted by Gasteiger charge is 2.38. The highest BCUT2D eigenvalue weighted by molar-refractivity contribution is 5.73. The van der Waals surface area contributed by atoms with Gasteiger partial charge in [0.1, 0.15) is 18.2 Å². The molecule has 4 rings (SSSR count). The van der Waals surface area contributed by atoms with Crippen LogP contribution >= 0.6 is 0 Å². The van der Waals surface area contributed by atoms with Gasteiger partial charge in [-0.3, -0.25) is 4.57 Å². The number of anilines is 2. The molecule has 0 amide bonds. The van der Waals surface area contributed by atoms with Crippen molar-refractivity contribution in [2.75, 3.05) is 18.4 Å². The summed E-state index contributed by atoms with van der Waals surface area (Å²) in [6.45, 7) is 3.99. The standard InChI is InChI=1S/C20H23FN6O.C2HF3O2/c1-2-14-8-15(10-17(9-14)28-16-4-3-5-22-11-16)25-20-24-12-18(21)19(26-20)27-7-6-23-13-27;3-2(4,5)1(6)7/h6-10,12-13,16,22H,2-5,11H2,1H3,(H,24,25,26);(H,6,7). The molecule has 1 aliphatic heterocycles. The number of carboxylic acid groups (broad SMARTS) is 1. The van der Waals surface area contributed by atoms with E-state index in [2.05, 4.69) is 38.6 Å². The maximum absolute atomic E-state index is 14.1. The maximum atomic E-state index is 14.1. The van der Waals surface area contributed by atoms with Crippen molar-refractivity contribution in [2.24, 2.45) is 0 Å². The summed E-state index contributed by atoms with van der Waals surface area (Å²) in [5, 5.41) is 13.7. The Labute approximate surface area is 198 Å². The second kappa shape index (κ2) is 11.6. The molecule has 0 aliphatic carbocycles. The third-order valence-electron chi connectivity index (χ3n) is 4.90. The summed E-state index contributed by atoms with van der Waals surface area (Å²) in [4.78, 5) is 21.2. The number of aliphatic carboxylic acids is 1. The Kier molecular flexibility index (Phi) is 8.58. The summed E-state index contributed by atoms with van der Waals surface area (Å²) >= 11 is 0. The van der Waals surface area contributed by atoms with Crippen molar-refractivity contribution in [1.82, 2.24) is 24.8 Å². The van der Waals surface area contributed by atoms with Crippen molar-refractivity contribution in [3.63, 3.8) is 0 Å². The van der Waals surface area contributed by atoms with E-state index in [-0.39, 0.29) is 11.9 Å². The number of rotatable bonds is 6. The van der Waals surface area contributed by atoms with Crippen molar-refractivity contribution in [2.45, 2.75) is 38.5 Å². The third kappa shape index (κ3) is 7.64. The van der Waals surface area contributed by atoms with E-state index < -0.39 is 18.0 Å². The Morgan fingerprint density at radius 1 is 1.34 bits per heavy atom. The Hall–Kier alpha value is -3.74. The monoisotopic (exact) mass is 496 g/mol. The number of carbonyl (C=O) groups is 1. The number of benzene rings is 1. The quantitative estimate of drug-likeness (QED) is 0.441. The van der Waals surface area contributed by atoms with E-state index in [1.165, 1.54) is 10.9 Å². The van der Waals surface area contributed by atoms with Crippen LogP contribution in [0, 0.1) is 5.82 Å². The van der Waals surface area contributed by atoms with Gasteiger partial charge in [-0.2, -0.15) is 18.2 Å². The largest absolute Gasteiger partial charge is 0.490 e. The van der Waals surface area contributed by atoms with Crippen LogP contribution in [0.5, 0.6) is 5.75 Å². The Balaban J connectivity index is 0.000000429. The number of carboxylic acids is 1. The fourth-order valence-corrected chi connectivity index (χ4v) is 3.23. The average molecular weight is 496 g/mol. The van der Waals surface area contributed by atoms with Gasteiger partial charge in [-0.05, 0) is 43.5 Å². The second-order valence-corrected chi connectivity index (χ2v) is 7.57. The zero-order chi connectivity index (χ0) is 25.4. The molecule has 13 heteroatoms. The fraction of sp³-hybridized carbons (Fsp3) is 0.364. The number of imidazole rings is 1. The molecule has 3 heterocycles. The summed E-state index contributed by atoms with van der Waals surface area (Å²) < 4.78 is 53.5. The van der Waals surface area contributed by atoms with Crippen LogP contribution in [0.1, 0.15) is 25.3 Å². The van der Waals surface area contributed by atoms with Crippen LogP contribution < -0.4 is 15.4 Å². The van der Waals surface area contributed by atoms with E-state index in [1.807, 2.05) is 12.1 Å². The van der Waals surface area contributed by atoms with Crippen molar-refractivity contribution in [3.8, 4) is 11.6 Å². The van der Waals surface area contributed by atoms with Crippen LogP contribution in [0.4, 0.5) is 29.2 Å². The number of halogens is 4. The number of nitrogens with zero attached hydrogens (tertiary/aromatic N) is 4. The van der Waals surface area contributed by atoms with Crippen LogP contribution in [0.2, 0.25) is 0 Å². The predicted octanol–water partition coefficient (Wildman–Crippen LogP) is 3.87. The molecular weight excluding hydrogens is 472 g/mol. The topological polar surface area (TPSA) is 114 Å². The molecule has 0 radical (unpaired) electrons. The van der Waals surface area contributed by atoms with E-state index >= 15 is 0 Å². The fourth-order valence-electron chi connectivity index (χ4n) is 3.23.